The minimum atomic E-state index is -4.67. The fourth-order valence-electron chi connectivity index (χ4n) is 0.745. The first-order valence-corrected chi connectivity index (χ1v) is 4.96. The second-order valence-corrected chi connectivity index (χ2v) is 3.20. The van der Waals surface area contributed by atoms with Crippen molar-refractivity contribution in [3.8, 4) is 0 Å². The molecular weight excluding hydrogens is 210 g/mol. The van der Waals surface area contributed by atoms with Crippen molar-refractivity contribution in [1.29, 1.82) is 0 Å². The van der Waals surface area contributed by atoms with Crippen LogP contribution in [-0.4, -0.2) is 35.4 Å². The zero-order chi connectivity index (χ0) is 11.2. The third kappa shape index (κ3) is 7.47. The van der Waals surface area contributed by atoms with Crippen molar-refractivity contribution >= 4 is 16.1 Å². The molecular formula is C7H11NO5S. The Kier molecular flexibility index (Phi) is 5.06. The Bertz CT molecular complexity index is 358. The predicted molar refractivity (Wildman–Crippen MR) is 52.0 cm³/mol. The third-order valence-corrected chi connectivity index (χ3v) is 1.27. The Morgan fingerprint density at radius 1 is 1.43 bits per heavy atom. The number of allylic oxidation sites excluding steroid dienone is 4. The molecule has 1 aliphatic carbocycles. The van der Waals surface area contributed by atoms with Crippen molar-refractivity contribution in [3.63, 3.8) is 0 Å². The lowest BCUT2D eigenvalue weighted by atomic mass is 10.1. The van der Waals surface area contributed by atoms with E-state index >= 15 is 0 Å². The van der Waals surface area contributed by atoms with Gasteiger partial charge in [-0.05, 0) is 6.08 Å². The fourth-order valence-corrected chi connectivity index (χ4v) is 0.745. The average molecular weight is 221 g/mol. The van der Waals surface area contributed by atoms with E-state index in [-0.39, 0.29) is 0 Å². The molecule has 14 heavy (non-hydrogen) atoms. The summed E-state index contributed by atoms with van der Waals surface area (Å²) in [6.07, 6.45) is 6.18. The third-order valence-electron chi connectivity index (χ3n) is 1.27. The summed E-state index contributed by atoms with van der Waals surface area (Å²) in [6.45, 7) is 0. The Hall–Kier alpha value is -1.18. The van der Waals surface area contributed by atoms with E-state index in [1.165, 1.54) is 0 Å². The van der Waals surface area contributed by atoms with Crippen LogP contribution in [0.5, 0.6) is 0 Å². The topological polar surface area (TPSA) is 107 Å². The lowest BCUT2D eigenvalue weighted by Gasteiger charge is -2.03. The minimum Gasteiger partial charge on any atom is -0.506 e. The first kappa shape index (κ1) is 12.8. The number of aliphatic hydroxyl groups is 1. The number of hydrogen-bond acceptors (Lipinski definition) is 4. The van der Waals surface area contributed by atoms with Gasteiger partial charge in [-0.25, -0.2) is 0 Å². The number of nitrogens with zero attached hydrogens (tertiary/aromatic N) is 1. The van der Waals surface area contributed by atoms with Gasteiger partial charge < -0.3 is 5.11 Å². The van der Waals surface area contributed by atoms with Crippen molar-refractivity contribution < 1.29 is 22.6 Å². The molecule has 1 aliphatic rings. The van der Waals surface area contributed by atoms with Gasteiger partial charge >= 0.3 is 10.4 Å². The molecule has 0 bridgehead atoms. The minimum absolute atomic E-state index is 0.292. The highest BCUT2D eigenvalue weighted by atomic mass is 32.3. The van der Waals surface area contributed by atoms with Gasteiger partial charge in [-0.15, -0.1) is 0 Å². The van der Waals surface area contributed by atoms with Gasteiger partial charge in [0.15, 0.2) is 0 Å². The van der Waals surface area contributed by atoms with Gasteiger partial charge in [0.25, 0.3) is 0 Å². The molecule has 0 radical (unpaired) electrons. The molecule has 0 aromatic carbocycles. The highest BCUT2D eigenvalue weighted by molar-refractivity contribution is 7.79. The second-order valence-electron chi connectivity index (χ2n) is 2.30. The molecule has 0 fully saturated rings. The second kappa shape index (κ2) is 5.53. The standard InChI is InChI=1S/C7H9NO.H2O4S/c1-8-6-4-2-3-5-7(6)9;1-5(2,3)4/h2-3,5,9H,4H2,1H3;(H2,1,2,3,4). The van der Waals surface area contributed by atoms with E-state index in [2.05, 4.69) is 4.99 Å². The molecule has 0 aromatic rings. The summed E-state index contributed by atoms with van der Waals surface area (Å²) in [5.41, 5.74) is 0.762. The smallest absolute Gasteiger partial charge is 0.394 e. The van der Waals surface area contributed by atoms with Gasteiger partial charge in [-0.3, -0.25) is 14.1 Å². The summed E-state index contributed by atoms with van der Waals surface area (Å²) in [4.78, 5) is 3.88. The first-order chi connectivity index (χ1) is 6.34. The molecule has 0 unspecified atom stereocenters. The molecule has 7 heteroatoms. The molecule has 0 heterocycles. The largest absolute Gasteiger partial charge is 0.506 e. The van der Waals surface area contributed by atoms with Crippen LogP contribution in [0.3, 0.4) is 0 Å². The maximum atomic E-state index is 9.05. The van der Waals surface area contributed by atoms with Crippen LogP contribution in [0.25, 0.3) is 0 Å². The Morgan fingerprint density at radius 3 is 2.21 bits per heavy atom. The van der Waals surface area contributed by atoms with E-state index in [1.54, 1.807) is 13.1 Å². The summed E-state index contributed by atoms with van der Waals surface area (Å²) >= 11 is 0. The highest BCUT2D eigenvalue weighted by Crippen LogP contribution is 2.05. The molecule has 1 rings (SSSR count). The van der Waals surface area contributed by atoms with Gasteiger partial charge in [0.05, 0.1) is 5.71 Å². The summed E-state index contributed by atoms with van der Waals surface area (Å²) in [5.74, 6) is 0.292. The molecule has 3 N–H and O–H groups in total. The molecule has 0 atom stereocenters. The molecule has 0 spiro atoms. The molecule has 0 saturated carbocycles. The van der Waals surface area contributed by atoms with E-state index in [4.69, 9.17) is 22.6 Å². The molecule has 6 nitrogen and oxygen atoms in total. The van der Waals surface area contributed by atoms with Crippen molar-refractivity contribution in [1.82, 2.24) is 0 Å². The van der Waals surface area contributed by atoms with Crippen LogP contribution >= 0.6 is 0 Å². The van der Waals surface area contributed by atoms with Crippen LogP contribution in [0.1, 0.15) is 6.42 Å². The normalized spacial score (nSPS) is 18.5. The monoisotopic (exact) mass is 221 g/mol. The quantitative estimate of drug-likeness (QED) is 0.524. The molecule has 0 aliphatic heterocycles. The van der Waals surface area contributed by atoms with Crippen molar-refractivity contribution in [2.45, 2.75) is 6.42 Å². The van der Waals surface area contributed by atoms with Crippen LogP contribution in [0, 0.1) is 0 Å². The van der Waals surface area contributed by atoms with E-state index in [9.17, 15) is 0 Å². The summed E-state index contributed by atoms with van der Waals surface area (Å²) in [6, 6.07) is 0. The number of aliphatic hydroxyl groups excluding tert-OH is 1. The summed E-state index contributed by atoms with van der Waals surface area (Å²) < 4.78 is 31.6. The summed E-state index contributed by atoms with van der Waals surface area (Å²) in [5, 5.41) is 9.05. The first-order valence-electron chi connectivity index (χ1n) is 3.56. The summed E-state index contributed by atoms with van der Waals surface area (Å²) in [7, 11) is -2.99. The molecule has 0 aromatic heterocycles. The fraction of sp³-hybridized carbons (Fsp3) is 0.286. The maximum Gasteiger partial charge on any atom is 0.394 e. The van der Waals surface area contributed by atoms with Gasteiger partial charge in [-0.2, -0.15) is 8.42 Å². The Labute approximate surface area is 81.9 Å². The van der Waals surface area contributed by atoms with E-state index in [1.807, 2.05) is 12.2 Å². The van der Waals surface area contributed by atoms with E-state index in [0.717, 1.165) is 12.1 Å². The van der Waals surface area contributed by atoms with Crippen LogP contribution in [0.4, 0.5) is 0 Å². The SMILES string of the molecule is CN=C1CC=CC=C1O.O=S(=O)(O)O. The van der Waals surface area contributed by atoms with Crippen molar-refractivity contribution in [2.24, 2.45) is 4.99 Å². The van der Waals surface area contributed by atoms with Crippen molar-refractivity contribution in [2.75, 3.05) is 7.05 Å². The highest BCUT2D eigenvalue weighted by Gasteiger charge is 2.03. The van der Waals surface area contributed by atoms with E-state index in [0.29, 0.717) is 5.76 Å². The number of aliphatic imine (C=N–C) groups is 1. The van der Waals surface area contributed by atoms with Gasteiger partial charge in [0.1, 0.15) is 5.76 Å². The number of hydrogen-bond donors (Lipinski definition) is 3. The lowest BCUT2D eigenvalue weighted by Crippen LogP contribution is -2.02. The van der Waals surface area contributed by atoms with Gasteiger partial charge in [-0.1, -0.05) is 12.2 Å². The van der Waals surface area contributed by atoms with Gasteiger partial charge in [0.2, 0.25) is 0 Å². The zero-order valence-electron chi connectivity index (χ0n) is 7.45. The van der Waals surface area contributed by atoms with Crippen LogP contribution in [0.2, 0.25) is 0 Å². The van der Waals surface area contributed by atoms with Crippen molar-refractivity contribution in [3.05, 3.63) is 24.0 Å². The molecule has 80 valence electrons. The zero-order valence-corrected chi connectivity index (χ0v) is 8.27. The van der Waals surface area contributed by atoms with Crippen LogP contribution < -0.4 is 0 Å². The Morgan fingerprint density at radius 2 is 1.93 bits per heavy atom. The Balaban J connectivity index is 0.000000292. The average Bonchev–Trinajstić information content (AvgIpc) is 2.02. The molecule has 0 saturated heterocycles. The van der Waals surface area contributed by atoms with Crippen LogP contribution in [-0.2, 0) is 10.4 Å². The van der Waals surface area contributed by atoms with E-state index < -0.39 is 10.4 Å². The predicted octanol–water partition coefficient (Wildman–Crippen LogP) is 0.806. The molecule has 0 amide bonds. The maximum absolute atomic E-state index is 9.05. The van der Waals surface area contributed by atoms with Crippen LogP contribution in [0.15, 0.2) is 29.0 Å². The van der Waals surface area contributed by atoms with Gasteiger partial charge in [0, 0.05) is 13.5 Å². The lowest BCUT2D eigenvalue weighted by molar-refractivity contribution is 0.381. The number of rotatable bonds is 0.